The monoisotopic (exact) mass is 250 g/mol. The lowest BCUT2D eigenvalue weighted by Gasteiger charge is -2.59. The van der Waals surface area contributed by atoms with E-state index in [0.29, 0.717) is 11.8 Å². The molecule has 0 aliphatic heterocycles. The van der Waals surface area contributed by atoms with Crippen molar-refractivity contribution < 1.29 is 14.6 Å². The molecule has 4 aliphatic carbocycles. The van der Waals surface area contributed by atoms with Gasteiger partial charge in [-0.2, -0.15) is 0 Å². The predicted octanol–water partition coefficient (Wildman–Crippen LogP) is 2.29. The van der Waals surface area contributed by atoms with Gasteiger partial charge in [0.05, 0.1) is 12.2 Å². The molecule has 100 valence electrons. The first-order valence-electron chi connectivity index (χ1n) is 7.05. The van der Waals surface area contributed by atoms with Crippen LogP contribution in [0.4, 0.5) is 0 Å². The second-order valence-corrected chi connectivity index (χ2v) is 6.64. The molecule has 4 aliphatic rings. The number of carbonyl (C=O) groups excluding carboxylic acids is 1. The number of rotatable bonds is 3. The average Bonchev–Trinajstić information content (AvgIpc) is 2.34. The lowest BCUT2D eigenvalue weighted by molar-refractivity contribution is -0.199. The Bertz CT molecular complexity index is 357. The fraction of sp³-hybridized carbons (Fsp3) is 0.800. The Hall–Kier alpha value is -0.830. The first-order chi connectivity index (χ1) is 8.53. The molecule has 0 unspecified atom stereocenters. The van der Waals surface area contributed by atoms with Crippen molar-refractivity contribution in [3.05, 3.63) is 12.2 Å². The molecule has 4 rings (SSSR count). The van der Waals surface area contributed by atoms with Crippen LogP contribution in [0.5, 0.6) is 0 Å². The summed E-state index contributed by atoms with van der Waals surface area (Å²) in [7, 11) is 0. The Morgan fingerprint density at radius 2 is 1.72 bits per heavy atom. The quantitative estimate of drug-likeness (QED) is 0.617. The van der Waals surface area contributed by atoms with E-state index < -0.39 is 5.97 Å². The maximum Gasteiger partial charge on any atom is 0.336 e. The summed E-state index contributed by atoms with van der Waals surface area (Å²) >= 11 is 0. The van der Waals surface area contributed by atoms with Crippen molar-refractivity contribution in [3.8, 4) is 0 Å². The molecule has 0 saturated heterocycles. The lowest BCUT2D eigenvalue weighted by atomic mass is 9.50. The lowest BCUT2D eigenvalue weighted by Crippen LogP contribution is -2.58. The summed E-state index contributed by atoms with van der Waals surface area (Å²) < 4.78 is 5.77. The Labute approximate surface area is 108 Å². The van der Waals surface area contributed by atoms with Gasteiger partial charge in [0, 0.05) is 0 Å². The number of hydrogen-bond acceptors (Lipinski definition) is 3. The fourth-order valence-electron chi connectivity index (χ4n) is 4.62. The van der Waals surface area contributed by atoms with Gasteiger partial charge in [-0.05, 0) is 62.7 Å². The van der Waals surface area contributed by atoms with Crippen LogP contribution in [-0.2, 0) is 9.53 Å². The number of aliphatic hydroxyl groups excluding tert-OH is 1. The van der Waals surface area contributed by atoms with E-state index in [2.05, 4.69) is 13.5 Å². The van der Waals surface area contributed by atoms with Gasteiger partial charge in [0.1, 0.15) is 5.60 Å². The van der Waals surface area contributed by atoms with Gasteiger partial charge in [0.15, 0.2) is 0 Å². The van der Waals surface area contributed by atoms with Crippen molar-refractivity contribution in [2.24, 2.45) is 23.7 Å². The van der Waals surface area contributed by atoms with Crippen molar-refractivity contribution in [1.82, 2.24) is 0 Å². The molecule has 1 N–H and O–H groups in total. The van der Waals surface area contributed by atoms with Crippen molar-refractivity contribution in [1.29, 1.82) is 0 Å². The minimum Gasteiger partial charge on any atom is -0.455 e. The second-order valence-electron chi connectivity index (χ2n) is 6.64. The third kappa shape index (κ3) is 1.71. The zero-order valence-electron chi connectivity index (χ0n) is 11.0. The van der Waals surface area contributed by atoms with E-state index in [0.717, 1.165) is 11.8 Å². The van der Waals surface area contributed by atoms with Gasteiger partial charge in [0.2, 0.25) is 0 Å². The molecule has 0 amide bonds. The molecule has 3 nitrogen and oxygen atoms in total. The standard InChI is InChI=1S/C15H22O3/c1-9(8-16)14(17)18-15(2)12-4-10-3-11(6-12)7-13(15)5-10/h10-13,16H,1,3-8H2,2H3. The Morgan fingerprint density at radius 3 is 2.17 bits per heavy atom. The molecule has 4 saturated carbocycles. The normalized spacial score (nSPS) is 45.0. The van der Waals surface area contributed by atoms with Crippen LogP contribution in [-0.4, -0.2) is 23.3 Å². The van der Waals surface area contributed by atoms with Crippen LogP contribution < -0.4 is 0 Å². The molecule has 0 spiro atoms. The fourth-order valence-corrected chi connectivity index (χ4v) is 4.62. The van der Waals surface area contributed by atoms with Crippen LogP contribution in [0.3, 0.4) is 0 Å². The minimum atomic E-state index is -0.410. The summed E-state index contributed by atoms with van der Waals surface area (Å²) in [5.41, 5.74) is -0.146. The molecule has 0 aromatic rings. The summed E-state index contributed by atoms with van der Waals surface area (Å²) in [6.45, 7) is 5.35. The van der Waals surface area contributed by atoms with E-state index in [4.69, 9.17) is 9.84 Å². The topological polar surface area (TPSA) is 46.5 Å². The summed E-state index contributed by atoms with van der Waals surface area (Å²) in [5, 5.41) is 8.97. The molecular weight excluding hydrogens is 228 g/mol. The molecule has 0 aromatic heterocycles. The van der Waals surface area contributed by atoms with Gasteiger partial charge in [-0.15, -0.1) is 0 Å². The molecule has 0 heterocycles. The third-order valence-corrected chi connectivity index (χ3v) is 5.55. The molecule has 0 atom stereocenters. The van der Waals surface area contributed by atoms with Crippen molar-refractivity contribution in [3.63, 3.8) is 0 Å². The highest BCUT2D eigenvalue weighted by atomic mass is 16.6. The van der Waals surface area contributed by atoms with Gasteiger partial charge in [-0.3, -0.25) is 0 Å². The molecule has 0 radical (unpaired) electrons. The van der Waals surface area contributed by atoms with Crippen LogP contribution in [0.25, 0.3) is 0 Å². The summed E-state index contributed by atoms with van der Waals surface area (Å²) in [6, 6.07) is 0. The van der Waals surface area contributed by atoms with E-state index in [1.807, 2.05) is 0 Å². The smallest absolute Gasteiger partial charge is 0.336 e. The molecule has 18 heavy (non-hydrogen) atoms. The average molecular weight is 250 g/mol. The second kappa shape index (κ2) is 4.09. The maximum absolute atomic E-state index is 11.9. The Kier molecular flexibility index (Phi) is 2.77. The highest BCUT2D eigenvalue weighted by Gasteiger charge is 2.57. The van der Waals surface area contributed by atoms with E-state index >= 15 is 0 Å². The van der Waals surface area contributed by atoms with E-state index in [-0.39, 0.29) is 17.8 Å². The summed E-state index contributed by atoms with van der Waals surface area (Å²) in [6.07, 6.45) is 6.23. The summed E-state index contributed by atoms with van der Waals surface area (Å²) in [5.74, 6) is 2.35. The Morgan fingerprint density at radius 1 is 1.22 bits per heavy atom. The van der Waals surface area contributed by atoms with Crippen LogP contribution in [0.2, 0.25) is 0 Å². The van der Waals surface area contributed by atoms with Crippen LogP contribution >= 0.6 is 0 Å². The van der Waals surface area contributed by atoms with Gasteiger partial charge in [-0.1, -0.05) is 6.58 Å². The van der Waals surface area contributed by atoms with E-state index in [1.165, 1.54) is 32.1 Å². The number of hydrogen-bond donors (Lipinski definition) is 1. The van der Waals surface area contributed by atoms with Gasteiger partial charge >= 0.3 is 5.97 Å². The minimum absolute atomic E-state index is 0.171. The number of carbonyl (C=O) groups is 1. The van der Waals surface area contributed by atoms with Crippen molar-refractivity contribution in [2.45, 2.75) is 44.6 Å². The van der Waals surface area contributed by atoms with Gasteiger partial charge < -0.3 is 9.84 Å². The zero-order chi connectivity index (χ0) is 12.9. The van der Waals surface area contributed by atoms with Gasteiger partial charge in [0.25, 0.3) is 0 Å². The predicted molar refractivity (Wildman–Crippen MR) is 67.8 cm³/mol. The van der Waals surface area contributed by atoms with E-state index in [9.17, 15) is 4.79 Å². The molecular formula is C15H22O3. The number of ether oxygens (including phenoxy) is 1. The third-order valence-electron chi connectivity index (χ3n) is 5.55. The molecule has 4 fully saturated rings. The molecule has 4 bridgehead atoms. The number of aliphatic hydroxyl groups is 1. The molecule has 3 heteroatoms. The highest BCUT2D eigenvalue weighted by Crippen LogP contribution is 2.59. The zero-order valence-corrected chi connectivity index (χ0v) is 11.0. The maximum atomic E-state index is 11.9. The first kappa shape index (κ1) is 12.2. The number of esters is 1. The van der Waals surface area contributed by atoms with Crippen molar-refractivity contribution >= 4 is 5.97 Å². The largest absolute Gasteiger partial charge is 0.455 e. The first-order valence-corrected chi connectivity index (χ1v) is 7.05. The van der Waals surface area contributed by atoms with Crippen LogP contribution in [0.15, 0.2) is 12.2 Å². The summed E-state index contributed by atoms with van der Waals surface area (Å²) in [4.78, 5) is 11.9. The van der Waals surface area contributed by atoms with E-state index in [1.54, 1.807) is 0 Å². The highest BCUT2D eigenvalue weighted by molar-refractivity contribution is 5.88. The SMILES string of the molecule is C=C(CO)C(=O)OC1(C)C2CC3CC(C2)CC1C3. The van der Waals surface area contributed by atoms with Crippen LogP contribution in [0.1, 0.15) is 39.0 Å². The Balaban J connectivity index is 1.78. The molecule has 0 aromatic carbocycles. The van der Waals surface area contributed by atoms with Gasteiger partial charge in [-0.25, -0.2) is 4.79 Å². The van der Waals surface area contributed by atoms with Crippen molar-refractivity contribution in [2.75, 3.05) is 6.61 Å². The van der Waals surface area contributed by atoms with Crippen LogP contribution in [0, 0.1) is 23.7 Å².